The average Bonchev–Trinajstić information content (AvgIpc) is 4.09. The zero-order valence-electron chi connectivity index (χ0n) is 33.0. The van der Waals surface area contributed by atoms with E-state index in [1.807, 2.05) is 28.7 Å². The number of amidine groups is 2. The van der Waals surface area contributed by atoms with Gasteiger partial charge >= 0.3 is 0 Å². The second-order valence-electron chi connectivity index (χ2n) is 16.1. The van der Waals surface area contributed by atoms with Crippen molar-refractivity contribution in [3.63, 3.8) is 0 Å². The largest absolute Gasteiger partial charge is 0.455 e. The van der Waals surface area contributed by atoms with Crippen molar-refractivity contribution in [1.29, 1.82) is 0 Å². The Balaban J connectivity index is 1.06. The highest BCUT2D eigenvalue weighted by atomic mass is 32.1. The lowest BCUT2D eigenvalue weighted by Crippen LogP contribution is -2.33. The van der Waals surface area contributed by atoms with Gasteiger partial charge in [-0.15, -0.1) is 22.7 Å². The zero-order chi connectivity index (χ0) is 40.5. The lowest BCUT2D eigenvalue weighted by atomic mass is 10.0. The summed E-state index contributed by atoms with van der Waals surface area (Å²) in [5, 5.41) is 15.7. The molecule has 13 aromatic rings. The molecule has 9 aromatic carbocycles. The Bertz CT molecular complexity index is 4110. The molecule has 1 aliphatic rings. The molecule has 4 aromatic heterocycles. The molecule has 0 spiro atoms. The quantitative estimate of drug-likeness (QED) is 0.192. The minimum atomic E-state index is -0.427. The number of benzene rings is 9. The third kappa shape index (κ3) is 4.89. The molecule has 1 unspecified atom stereocenters. The maximum absolute atomic E-state index is 7.00. The van der Waals surface area contributed by atoms with Gasteiger partial charge in [0.25, 0.3) is 0 Å². The fourth-order valence-corrected chi connectivity index (χ4v) is 12.2. The summed E-state index contributed by atoms with van der Waals surface area (Å²) in [6.07, 6.45) is -0.427. The van der Waals surface area contributed by atoms with Crippen LogP contribution in [0.5, 0.6) is 0 Å². The van der Waals surface area contributed by atoms with E-state index in [1.165, 1.54) is 61.9 Å². The maximum Gasteiger partial charge on any atom is 0.163 e. The van der Waals surface area contributed by atoms with E-state index in [2.05, 4.69) is 186 Å². The molecule has 0 radical (unpaired) electrons. The Morgan fingerprint density at radius 3 is 1.95 bits per heavy atom. The van der Waals surface area contributed by atoms with Crippen molar-refractivity contribution < 1.29 is 4.42 Å². The molecule has 14 rings (SSSR count). The van der Waals surface area contributed by atoms with Crippen LogP contribution in [0.15, 0.2) is 196 Å². The highest BCUT2D eigenvalue weighted by molar-refractivity contribution is 7.26. The highest BCUT2D eigenvalue weighted by Gasteiger charge is 2.28. The Hall–Kier alpha value is -7.58. The van der Waals surface area contributed by atoms with Crippen molar-refractivity contribution in [3.05, 3.63) is 199 Å². The van der Waals surface area contributed by atoms with E-state index in [0.29, 0.717) is 5.84 Å². The van der Waals surface area contributed by atoms with Gasteiger partial charge in [-0.25, -0.2) is 9.98 Å². The van der Waals surface area contributed by atoms with Crippen LogP contribution >= 0.6 is 22.7 Å². The zero-order valence-corrected chi connectivity index (χ0v) is 34.6. The van der Waals surface area contributed by atoms with E-state index in [0.717, 1.165) is 61.2 Å². The summed E-state index contributed by atoms with van der Waals surface area (Å²) >= 11 is 3.64. The van der Waals surface area contributed by atoms with Gasteiger partial charge in [-0.1, -0.05) is 121 Å². The first kappa shape index (κ1) is 34.2. The van der Waals surface area contributed by atoms with Gasteiger partial charge in [-0.3, -0.25) is 0 Å². The lowest BCUT2D eigenvalue weighted by molar-refractivity contribution is 0.664. The summed E-state index contributed by atoms with van der Waals surface area (Å²) in [5.41, 5.74) is 7.93. The van der Waals surface area contributed by atoms with Crippen molar-refractivity contribution in [3.8, 4) is 5.69 Å². The number of rotatable bonds is 4. The molecular formula is C55H32N4OS2. The molecule has 7 heteroatoms. The lowest BCUT2D eigenvalue weighted by Gasteiger charge is -2.25. The second kappa shape index (κ2) is 13.0. The van der Waals surface area contributed by atoms with Gasteiger partial charge < -0.3 is 14.3 Å². The van der Waals surface area contributed by atoms with Gasteiger partial charge in [0.1, 0.15) is 23.2 Å². The van der Waals surface area contributed by atoms with Crippen molar-refractivity contribution in [2.24, 2.45) is 9.98 Å². The predicted molar refractivity (Wildman–Crippen MR) is 263 cm³/mol. The molecule has 0 saturated heterocycles. The topological polar surface area (TPSA) is 54.8 Å². The first-order chi connectivity index (χ1) is 30.7. The molecule has 0 amide bonds. The Kier molecular flexibility index (Phi) is 7.14. The van der Waals surface area contributed by atoms with Crippen LogP contribution in [0.3, 0.4) is 0 Å². The molecule has 1 aliphatic heterocycles. The van der Waals surface area contributed by atoms with Crippen LogP contribution in [0.2, 0.25) is 0 Å². The number of furan rings is 1. The molecule has 62 heavy (non-hydrogen) atoms. The summed E-state index contributed by atoms with van der Waals surface area (Å²) in [5.74, 6) is 1.41. The Morgan fingerprint density at radius 1 is 0.484 bits per heavy atom. The summed E-state index contributed by atoms with van der Waals surface area (Å²) in [7, 11) is 0. The van der Waals surface area contributed by atoms with E-state index in [1.54, 1.807) is 0 Å². The van der Waals surface area contributed by atoms with Crippen molar-refractivity contribution in [1.82, 2.24) is 9.88 Å². The van der Waals surface area contributed by atoms with Gasteiger partial charge in [-0.2, -0.15) is 0 Å². The summed E-state index contributed by atoms with van der Waals surface area (Å²) < 4.78 is 14.4. The fraction of sp³-hybridized carbons (Fsp3) is 0.0182. The summed E-state index contributed by atoms with van der Waals surface area (Å²) in [6, 6.07) is 65.3. The van der Waals surface area contributed by atoms with E-state index in [4.69, 9.17) is 14.4 Å². The molecule has 0 aliphatic carbocycles. The van der Waals surface area contributed by atoms with Crippen LogP contribution in [0.1, 0.15) is 22.9 Å². The minimum absolute atomic E-state index is 0.427. The van der Waals surface area contributed by atoms with Gasteiger partial charge in [0.2, 0.25) is 0 Å². The molecule has 0 saturated carbocycles. The number of fused-ring (bicyclic) bond motifs is 13. The number of aromatic nitrogens is 1. The third-order valence-corrected chi connectivity index (χ3v) is 14.9. The first-order valence-corrected chi connectivity index (χ1v) is 22.5. The number of thiophene rings is 2. The van der Waals surface area contributed by atoms with E-state index in [-0.39, 0.29) is 0 Å². The molecule has 5 heterocycles. The van der Waals surface area contributed by atoms with Crippen LogP contribution < -0.4 is 5.32 Å². The molecule has 1 atom stereocenters. The molecule has 0 fully saturated rings. The van der Waals surface area contributed by atoms with E-state index in [9.17, 15) is 0 Å². The number of nitrogens with zero attached hydrogens (tertiary/aromatic N) is 3. The van der Waals surface area contributed by atoms with Gasteiger partial charge in [0, 0.05) is 67.6 Å². The molecule has 1 N–H and O–H groups in total. The molecule has 290 valence electrons. The minimum Gasteiger partial charge on any atom is -0.455 e. The molecular weight excluding hydrogens is 797 g/mol. The van der Waals surface area contributed by atoms with E-state index >= 15 is 0 Å². The number of para-hydroxylation sites is 2. The van der Waals surface area contributed by atoms with Gasteiger partial charge in [0.05, 0.1) is 27.7 Å². The molecule has 0 bridgehead atoms. The van der Waals surface area contributed by atoms with E-state index < -0.39 is 6.17 Å². The smallest absolute Gasteiger partial charge is 0.163 e. The SMILES string of the molecule is c1ccc2cc3c(cc2c1)c1ccccc1n3-c1ccc(C2=NC(c3cccc4sc5ccccc5c34)NC(c3cccc4sc5ccccc5c34)=N2)c2oc3ccccc3c12. The third-order valence-electron chi connectivity index (χ3n) is 12.7. The number of hydrogen-bond donors (Lipinski definition) is 1. The van der Waals surface area contributed by atoms with Crippen molar-refractivity contribution >= 4 is 129 Å². The van der Waals surface area contributed by atoms with Crippen LogP contribution in [0.4, 0.5) is 0 Å². The second-order valence-corrected chi connectivity index (χ2v) is 18.2. The van der Waals surface area contributed by atoms with Crippen LogP contribution in [-0.2, 0) is 0 Å². The first-order valence-electron chi connectivity index (χ1n) is 20.8. The van der Waals surface area contributed by atoms with Gasteiger partial charge in [-0.05, 0) is 71.4 Å². The highest BCUT2D eigenvalue weighted by Crippen LogP contribution is 2.44. The fourth-order valence-electron chi connectivity index (χ4n) is 9.96. The standard InChI is InChI=1S/C55H32N4OS2/c1-2-14-32-30-43-40(29-31(32)13-1)33-15-3-7-21-41(33)59(43)42-28-27-39(52-51(42)34-16-4-8-22-44(34)60-52)55-57-53(37-19-11-25-47-49(37)35-17-5-9-23-45(35)61-47)56-54(58-55)38-20-12-26-48-50(38)36-18-6-10-24-46(36)62-48/h1-30,53H,(H,56,57,58). The van der Waals surface area contributed by atoms with Gasteiger partial charge in [0.15, 0.2) is 5.84 Å². The predicted octanol–water partition coefficient (Wildman–Crippen LogP) is 15.1. The molecule has 5 nitrogen and oxygen atoms in total. The normalized spacial score (nSPS) is 14.6. The number of aliphatic imine (C=N–C) groups is 2. The average molecular weight is 829 g/mol. The maximum atomic E-state index is 7.00. The van der Waals surface area contributed by atoms with Crippen molar-refractivity contribution in [2.45, 2.75) is 6.17 Å². The summed E-state index contributed by atoms with van der Waals surface area (Å²) in [4.78, 5) is 11.1. The summed E-state index contributed by atoms with van der Waals surface area (Å²) in [6.45, 7) is 0. The van der Waals surface area contributed by atoms with Crippen LogP contribution in [-0.4, -0.2) is 16.2 Å². The Labute approximate surface area is 362 Å². The Morgan fingerprint density at radius 2 is 1.13 bits per heavy atom. The van der Waals surface area contributed by atoms with Crippen LogP contribution in [0, 0.1) is 0 Å². The number of hydrogen-bond acceptors (Lipinski definition) is 6. The monoisotopic (exact) mass is 828 g/mol. The van der Waals surface area contributed by atoms with Crippen LogP contribution in [0.25, 0.3) is 101 Å². The van der Waals surface area contributed by atoms with Crippen molar-refractivity contribution in [2.75, 3.05) is 0 Å². The number of nitrogens with one attached hydrogen (secondary N) is 1.